The second kappa shape index (κ2) is 5.40. The molecule has 0 amide bonds. The van der Waals surface area contributed by atoms with Crippen LogP contribution in [0.4, 0.5) is 13.2 Å². The van der Waals surface area contributed by atoms with Crippen LogP contribution in [-0.4, -0.2) is 23.9 Å². The van der Waals surface area contributed by atoms with E-state index < -0.39 is 58.8 Å². The Kier molecular flexibility index (Phi) is 3.54. The highest BCUT2D eigenvalue weighted by atomic mass is 19.4. The third kappa shape index (κ3) is 2.48. The van der Waals surface area contributed by atoms with Crippen LogP contribution >= 0.6 is 0 Å². The molecule has 1 aromatic carbocycles. The van der Waals surface area contributed by atoms with Crippen molar-refractivity contribution < 1.29 is 41.8 Å². The summed E-state index contributed by atoms with van der Waals surface area (Å²) in [6, 6.07) is 2.90. The van der Waals surface area contributed by atoms with Gasteiger partial charge in [-0.1, -0.05) is 13.0 Å². The van der Waals surface area contributed by atoms with Crippen LogP contribution in [0.1, 0.15) is 42.4 Å². The molecule has 142 valence electrons. The Bertz CT molecular complexity index is 905. The van der Waals surface area contributed by atoms with Crippen molar-refractivity contribution in [3.05, 3.63) is 34.9 Å². The van der Waals surface area contributed by atoms with E-state index in [0.717, 1.165) is 12.1 Å². The molecule has 4 rings (SSSR count). The molecule has 4 atom stereocenters. The summed E-state index contributed by atoms with van der Waals surface area (Å²) in [6.07, 6.45) is -4.89. The first-order valence-electron chi connectivity index (χ1n) is 8.24. The molecule has 1 aliphatic carbocycles. The minimum Gasteiger partial charge on any atom is -0.393 e. The van der Waals surface area contributed by atoms with E-state index in [1.165, 1.54) is 6.07 Å². The Morgan fingerprint density at radius 2 is 1.74 bits per heavy atom. The first kappa shape index (κ1) is 17.7. The van der Waals surface area contributed by atoms with Gasteiger partial charge in [-0.2, -0.15) is 13.2 Å². The van der Waals surface area contributed by atoms with Crippen molar-refractivity contribution in [1.29, 1.82) is 0 Å². The van der Waals surface area contributed by atoms with E-state index in [2.05, 4.69) is 9.47 Å². The molecule has 0 N–H and O–H groups in total. The second-order valence-corrected chi connectivity index (χ2v) is 7.30. The van der Waals surface area contributed by atoms with Crippen molar-refractivity contribution in [3.63, 3.8) is 0 Å². The summed E-state index contributed by atoms with van der Waals surface area (Å²) in [5, 5.41) is 0. The molecule has 4 unspecified atom stereocenters. The summed E-state index contributed by atoms with van der Waals surface area (Å²) in [4.78, 5) is 47.9. The minimum absolute atomic E-state index is 0.00609. The predicted octanol–water partition coefficient (Wildman–Crippen LogP) is 2.24. The number of hydrogen-bond acceptors (Lipinski definition) is 6. The maximum absolute atomic E-state index is 13.2. The molecule has 2 saturated heterocycles. The number of carbonyl (C=O) groups is 4. The monoisotopic (exact) mass is 382 g/mol. The Balaban J connectivity index is 1.92. The van der Waals surface area contributed by atoms with E-state index in [4.69, 9.17) is 0 Å². The Morgan fingerprint density at radius 1 is 1.04 bits per heavy atom. The lowest BCUT2D eigenvalue weighted by molar-refractivity contribution is -0.156. The highest BCUT2D eigenvalue weighted by molar-refractivity contribution is 6.01. The van der Waals surface area contributed by atoms with Crippen LogP contribution in [0.3, 0.4) is 0 Å². The summed E-state index contributed by atoms with van der Waals surface area (Å²) < 4.78 is 48.8. The van der Waals surface area contributed by atoms with Gasteiger partial charge in [0.15, 0.2) is 0 Å². The van der Waals surface area contributed by atoms with Gasteiger partial charge in [-0.25, -0.2) is 0 Å². The van der Waals surface area contributed by atoms with Crippen molar-refractivity contribution >= 4 is 23.9 Å². The zero-order valence-corrected chi connectivity index (χ0v) is 14.0. The van der Waals surface area contributed by atoms with E-state index >= 15 is 0 Å². The third-order valence-corrected chi connectivity index (χ3v) is 5.77. The molecule has 0 aromatic heterocycles. The lowest BCUT2D eigenvalue weighted by Gasteiger charge is -2.42. The van der Waals surface area contributed by atoms with Crippen LogP contribution in [-0.2, 0) is 40.2 Å². The number of carbonyl (C=O) groups excluding carboxylic acids is 4. The minimum atomic E-state index is -4.65. The van der Waals surface area contributed by atoms with Crippen molar-refractivity contribution in [2.75, 3.05) is 0 Å². The standard InChI is InChI=1S/C18H13F3O6/c1-17(11-5-12(22)26-15(11)24)6-9-13(16(25)27-14(9)23)8-4-7(18(19,20)21)2-3-10(8)17/h2-4,9,11,13H,5-6H2,1H3. The molecule has 1 aromatic rings. The van der Waals surface area contributed by atoms with Crippen LogP contribution in [0, 0.1) is 11.8 Å². The summed E-state index contributed by atoms with van der Waals surface area (Å²) in [7, 11) is 0. The number of rotatable bonds is 1. The maximum Gasteiger partial charge on any atom is 0.416 e. The van der Waals surface area contributed by atoms with Crippen LogP contribution in [0.2, 0.25) is 0 Å². The molecule has 2 heterocycles. The first-order chi connectivity index (χ1) is 12.5. The van der Waals surface area contributed by atoms with Crippen molar-refractivity contribution in [2.24, 2.45) is 11.8 Å². The number of hydrogen-bond donors (Lipinski definition) is 0. The number of halogens is 3. The number of benzene rings is 1. The topological polar surface area (TPSA) is 86.7 Å². The quantitative estimate of drug-likeness (QED) is 0.547. The molecule has 2 fully saturated rings. The van der Waals surface area contributed by atoms with E-state index in [-0.39, 0.29) is 18.4 Å². The van der Waals surface area contributed by atoms with Crippen molar-refractivity contribution in [3.8, 4) is 0 Å². The number of cyclic esters (lactones) is 4. The molecular formula is C18H13F3O6. The molecule has 6 nitrogen and oxygen atoms in total. The van der Waals surface area contributed by atoms with Gasteiger partial charge in [-0.15, -0.1) is 0 Å². The summed E-state index contributed by atoms with van der Waals surface area (Å²) in [5.74, 6) is -6.38. The highest BCUT2D eigenvalue weighted by Crippen LogP contribution is 2.55. The Labute approximate surface area is 150 Å². The molecule has 2 aliphatic heterocycles. The first-order valence-corrected chi connectivity index (χ1v) is 8.24. The number of ether oxygens (including phenoxy) is 2. The van der Waals surface area contributed by atoms with Gasteiger partial charge in [-0.3, -0.25) is 19.2 Å². The lowest BCUT2D eigenvalue weighted by atomic mass is 9.58. The molecular weight excluding hydrogens is 369 g/mol. The maximum atomic E-state index is 13.2. The summed E-state index contributed by atoms with van der Waals surface area (Å²) >= 11 is 0. The van der Waals surface area contributed by atoms with Gasteiger partial charge in [0.2, 0.25) is 0 Å². The average Bonchev–Trinajstić information content (AvgIpc) is 3.05. The van der Waals surface area contributed by atoms with E-state index in [9.17, 15) is 32.3 Å². The molecule has 3 aliphatic rings. The van der Waals surface area contributed by atoms with Crippen LogP contribution in [0.25, 0.3) is 0 Å². The Morgan fingerprint density at radius 3 is 2.33 bits per heavy atom. The van der Waals surface area contributed by atoms with E-state index in [1.807, 2.05) is 0 Å². The zero-order chi connectivity index (χ0) is 19.7. The van der Waals surface area contributed by atoms with Gasteiger partial charge >= 0.3 is 30.1 Å². The molecule has 0 radical (unpaired) electrons. The lowest BCUT2D eigenvalue weighted by Crippen LogP contribution is -2.43. The van der Waals surface area contributed by atoms with Gasteiger partial charge in [-0.05, 0) is 29.7 Å². The number of alkyl halides is 3. The largest absolute Gasteiger partial charge is 0.416 e. The van der Waals surface area contributed by atoms with Crippen molar-refractivity contribution in [1.82, 2.24) is 0 Å². The Hall–Kier alpha value is -2.71. The molecule has 27 heavy (non-hydrogen) atoms. The average molecular weight is 382 g/mol. The van der Waals surface area contributed by atoms with Gasteiger partial charge in [0.25, 0.3) is 0 Å². The van der Waals surface area contributed by atoms with Gasteiger partial charge in [0.05, 0.1) is 29.7 Å². The number of esters is 4. The fourth-order valence-electron chi connectivity index (χ4n) is 4.46. The predicted molar refractivity (Wildman–Crippen MR) is 79.9 cm³/mol. The molecule has 9 heteroatoms. The number of fused-ring (bicyclic) bond motifs is 3. The van der Waals surface area contributed by atoms with E-state index in [0.29, 0.717) is 5.56 Å². The van der Waals surface area contributed by atoms with Gasteiger partial charge < -0.3 is 9.47 Å². The molecule has 0 spiro atoms. The van der Waals surface area contributed by atoms with Crippen molar-refractivity contribution in [2.45, 2.75) is 37.3 Å². The SMILES string of the molecule is CC1(C2CC(=O)OC2=O)CC2C(=O)OC(=O)C2c2cc(C(F)(F)F)ccc21. The smallest absolute Gasteiger partial charge is 0.393 e. The van der Waals surface area contributed by atoms with Crippen LogP contribution in [0.15, 0.2) is 18.2 Å². The molecule has 0 bridgehead atoms. The summed E-state index contributed by atoms with van der Waals surface area (Å²) in [5.41, 5.74) is -1.79. The van der Waals surface area contributed by atoms with Crippen LogP contribution in [0.5, 0.6) is 0 Å². The fourth-order valence-corrected chi connectivity index (χ4v) is 4.46. The second-order valence-electron chi connectivity index (χ2n) is 7.30. The third-order valence-electron chi connectivity index (χ3n) is 5.77. The zero-order valence-electron chi connectivity index (χ0n) is 14.0. The van der Waals surface area contributed by atoms with Gasteiger partial charge in [0.1, 0.15) is 0 Å². The normalized spacial score (nSPS) is 32.8. The van der Waals surface area contributed by atoms with Crippen LogP contribution < -0.4 is 0 Å². The van der Waals surface area contributed by atoms with Gasteiger partial charge in [0, 0.05) is 5.41 Å². The molecule has 0 saturated carbocycles. The fraction of sp³-hybridized carbons (Fsp3) is 0.444. The van der Waals surface area contributed by atoms with E-state index in [1.54, 1.807) is 6.92 Å². The summed E-state index contributed by atoms with van der Waals surface area (Å²) in [6.45, 7) is 1.59. The highest BCUT2D eigenvalue weighted by Gasteiger charge is 2.59.